The van der Waals surface area contributed by atoms with E-state index in [0.717, 1.165) is 39.0 Å². The van der Waals surface area contributed by atoms with E-state index in [-0.39, 0.29) is 12.0 Å². The number of carbonyl (C=O) groups excluding carboxylic acids is 2. The highest BCUT2D eigenvalue weighted by Crippen LogP contribution is 2.33. The quantitative estimate of drug-likeness (QED) is 0.633. The first-order valence-electron chi connectivity index (χ1n) is 10.5. The first kappa shape index (κ1) is 21.7. The first-order chi connectivity index (χ1) is 13.3. The van der Waals surface area contributed by atoms with Gasteiger partial charge in [-0.15, -0.1) is 11.8 Å². The van der Waals surface area contributed by atoms with Crippen LogP contribution in [0.5, 0.6) is 0 Å². The molecular formula is C20H36N4O3S. The van der Waals surface area contributed by atoms with Crippen molar-refractivity contribution in [3.8, 4) is 0 Å². The van der Waals surface area contributed by atoms with E-state index in [2.05, 4.69) is 37.7 Å². The number of nitrogens with zero attached hydrogens (tertiary/aromatic N) is 4. The second kappa shape index (κ2) is 9.22. The lowest BCUT2D eigenvalue weighted by atomic mass is 9.91. The highest BCUT2D eigenvalue weighted by molar-refractivity contribution is 8.00. The lowest BCUT2D eigenvalue weighted by Crippen LogP contribution is -2.49. The maximum atomic E-state index is 12.4. The molecule has 0 saturated carbocycles. The molecule has 3 rings (SSSR count). The van der Waals surface area contributed by atoms with Crippen LogP contribution in [0.1, 0.15) is 33.1 Å². The van der Waals surface area contributed by atoms with E-state index in [0.29, 0.717) is 36.7 Å². The molecule has 28 heavy (non-hydrogen) atoms. The Bertz CT molecular complexity index is 564. The van der Waals surface area contributed by atoms with E-state index >= 15 is 0 Å². The summed E-state index contributed by atoms with van der Waals surface area (Å²) in [5, 5.41) is 0.466. The van der Waals surface area contributed by atoms with Crippen LogP contribution >= 0.6 is 11.8 Å². The third-order valence-corrected chi connectivity index (χ3v) is 7.35. The van der Waals surface area contributed by atoms with Gasteiger partial charge in [0.2, 0.25) is 5.91 Å². The summed E-state index contributed by atoms with van der Waals surface area (Å²) in [6, 6.07) is 0.618. The van der Waals surface area contributed by atoms with Crippen LogP contribution in [0.25, 0.3) is 0 Å². The maximum Gasteiger partial charge on any atom is 0.410 e. The zero-order valence-electron chi connectivity index (χ0n) is 17.9. The van der Waals surface area contributed by atoms with Gasteiger partial charge < -0.3 is 19.4 Å². The highest BCUT2D eigenvalue weighted by Gasteiger charge is 2.47. The van der Waals surface area contributed by atoms with Crippen molar-refractivity contribution >= 4 is 23.8 Å². The first-order valence-corrected chi connectivity index (χ1v) is 11.6. The lowest BCUT2D eigenvalue weighted by Gasteiger charge is -2.37. The summed E-state index contributed by atoms with van der Waals surface area (Å²) < 4.78 is 5.82. The minimum atomic E-state index is -0.393. The maximum absolute atomic E-state index is 12.4. The second-order valence-electron chi connectivity index (χ2n) is 8.92. The van der Waals surface area contributed by atoms with Crippen molar-refractivity contribution in [3.63, 3.8) is 0 Å². The van der Waals surface area contributed by atoms with Crippen LogP contribution in [0, 0.1) is 0 Å². The Balaban J connectivity index is 1.43. The fourth-order valence-corrected chi connectivity index (χ4v) is 4.98. The Morgan fingerprint density at radius 3 is 2.57 bits per heavy atom. The third-order valence-electron chi connectivity index (χ3n) is 6.27. The van der Waals surface area contributed by atoms with Gasteiger partial charge in [-0.05, 0) is 32.3 Å². The molecule has 1 atom stereocenters. The molecule has 3 saturated heterocycles. The minimum absolute atomic E-state index is 0.182. The predicted octanol–water partition coefficient (Wildman–Crippen LogP) is 1.58. The Labute approximate surface area is 173 Å². The number of likely N-dealkylation sites (N-methyl/N-ethyl adjacent to an activating group) is 1. The van der Waals surface area contributed by atoms with Gasteiger partial charge in [0, 0.05) is 51.6 Å². The van der Waals surface area contributed by atoms with E-state index in [1.807, 2.05) is 9.80 Å². The van der Waals surface area contributed by atoms with Gasteiger partial charge in [0.1, 0.15) is 5.60 Å². The monoisotopic (exact) mass is 412 g/mol. The SMILES string of the molecule is CC(C)SCC(=O)N1CCC2(CC1)CN(CCN1CCC(N(C)C)C1)C(=O)O2. The number of carbonyl (C=O) groups is 2. The number of piperidine rings is 1. The summed E-state index contributed by atoms with van der Waals surface area (Å²) in [6.07, 6.45) is 2.51. The zero-order chi connectivity index (χ0) is 20.3. The minimum Gasteiger partial charge on any atom is -0.441 e. The lowest BCUT2D eigenvalue weighted by molar-refractivity contribution is -0.131. The van der Waals surface area contributed by atoms with Crippen molar-refractivity contribution in [2.75, 3.05) is 65.7 Å². The fraction of sp³-hybridized carbons (Fsp3) is 0.900. The number of ether oxygens (including phenoxy) is 1. The number of rotatable bonds is 7. The molecule has 160 valence electrons. The van der Waals surface area contributed by atoms with Gasteiger partial charge in [0.15, 0.2) is 0 Å². The number of hydrogen-bond acceptors (Lipinski definition) is 6. The molecule has 3 aliphatic rings. The van der Waals surface area contributed by atoms with Crippen molar-refractivity contribution in [2.24, 2.45) is 0 Å². The molecule has 0 bridgehead atoms. The van der Waals surface area contributed by atoms with Gasteiger partial charge in [-0.1, -0.05) is 13.8 Å². The van der Waals surface area contributed by atoms with E-state index in [1.54, 1.807) is 11.8 Å². The molecule has 0 aromatic rings. The van der Waals surface area contributed by atoms with Crippen molar-refractivity contribution < 1.29 is 14.3 Å². The van der Waals surface area contributed by atoms with Crippen LogP contribution in [0.15, 0.2) is 0 Å². The zero-order valence-corrected chi connectivity index (χ0v) is 18.7. The van der Waals surface area contributed by atoms with E-state index in [9.17, 15) is 9.59 Å². The van der Waals surface area contributed by atoms with Crippen molar-refractivity contribution in [1.82, 2.24) is 19.6 Å². The fourth-order valence-electron chi connectivity index (χ4n) is 4.32. The van der Waals surface area contributed by atoms with Crippen LogP contribution < -0.4 is 0 Å². The van der Waals surface area contributed by atoms with Gasteiger partial charge in [0.25, 0.3) is 0 Å². The molecule has 3 heterocycles. The van der Waals surface area contributed by atoms with E-state index in [1.165, 1.54) is 6.42 Å². The second-order valence-corrected chi connectivity index (χ2v) is 10.5. The third kappa shape index (κ3) is 5.33. The van der Waals surface area contributed by atoms with Crippen molar-refractivity contribution in [1.29, 1.82) is 0 Å². The van der Waals surface area contributed by atoms with Crippen LogP contribution in [-0.2, 0) is 9.53 Å². The van der Waals surface area contributed by atoms with Crippen LogP contribution in [0.4, 0.5) is 4.79 Å². The van der Waals surface area contributed by atoms with Crippen molar-refractivity contribution in [3.05, 3.63) is 0 Å². The molecule has 0 N–H and O–H groups in total. The number of thioether (sulfide) groups is 1. The normalized spacial score (nSPS) is 25.4. The highest BCUT2D eigenvalue weighted by atomic mass is 32.2. The summed E-state index contributed by atoms with van der Waals surface area (Å²) >= 11 is 1.69. The molecule has 7 nitrogen and oxygen atoms in total. The molecule has 0 aromatic carbocycles. The average molecular weight is 413 g/mol. The van der Waals surface area contributed by atoms with Crippen LogP contribution in [-0.4, -0.2) is 114 Å². The molecule has 1 spiro atoms. The largest absolute Gasteiger partial charge is 0.441 e. The number of amides is 2. The van der Waals surface area contributed by atoms with Gasteiger partial charge >= 0.3 is 6.09 Å². The molecule has 0 aliphatic carbocycles. The van der Waals surface area contributed by atoms with Crippen LogP contribution in [0.3, 0.4) is 0 Å². The number of likely N-dealkylation sites (tertiary alicyclic amines) is 2. The Morgan fingerprint density at radius 2 is 1.96 bits per heavy atom. The van der Waals surface area contributed by atoms with Crippen LogP contribution in [0.2, 0.25) is 0 Å². The molecule has 0 radical (unpaired) electrons. The number of hydrogen-bond donors (Lipinski definition) is 0. The summed E-state index contributed by atoms with van der Waals surface area (Å²) in [6.45, 7) is 10.1. The smallest absolute Gasteiger partial charge is 0.410 e. The standard InChI is InChI=1S/C20H36N4O3S/c1-16(2)28-14-18(25)23-9-6-20(7-10-23)15-24(19(26)27-20)12-11-22-8-5-17(13-22)21(3)4/h16-17H,5-15H2,1-4H3. The molecule has 8 heteroatoms. The average Bonchev–Trinajstić information content (AvgIpc) is 3.23. The van der Waals surface area contributed by atoms with Crippen molar-refractivity contribution in [2.45, 2.75) is 50.0 Å². The molecule has 3 fully saturated rings. The van der Waals surface area contributed by atoms with E-state index in [4.69, 9.17) is 4.74 Å². The predicted molar refractivity (Wildman–Crippen MR) is 113 cm³/mol. The topological polar surface area (TPSA) is 56.3 Å². The Morgan fingerprint density at radius 1 is 1.25 bits per heavy atom. The molecule has 0 aromatic heterocycles. The molecule has 3 aliphatic heterocycles. The van der Waals surface area contributed by atoms with Gasteiger partial charge in [-0.3, -0.25) is 9.69 Å². The molecular weight excluding hydrogens is 376 g/mol. The Hall–Kier alpha value is -0.990. The summed E-state index contributed by atoms with van der Waals surface area (Å²) in [5.41, 5.74) is -0.393. The summed E-state index contributed by atoms with van der Waals surface area (Å²) in [7, 11) is 4.27. The van der Waals surface area contributed by atoms with Gasteiger partial charge in [-0.2, -0.15) is 0 Å². The van der Waals surface area contributed by atoms with Gasteiger partial charge in [-0.25, -0.2) is 4.79 Å². The molecule has 2 amide bonds. The van der Waals surface area contributed by atoms with Gasteiger partial charge in [0.05, 0.1) is 12.3 Å². The summed E-state index contributed by atoms with van der Waals surface area (Å²) in [4.78, 5) is 33.3. The molecule has 1 unspecified atom stereocenters. The summed E-state index contributed by atoms with van der Waals surface area (Å²) in [5.74, 6) is 0.750. The van der Waals surface area contributed by atoms with E-state index < -0.39 is 5.60 Å². The Kier molecular flexibility index (Phi) is 7.15.